The van der Waals surface area contributed by atoms with Gasteiger partial charge in [0.1, 0.15) is 0 Å². The highest BCUT2D eigenvalue weighted by atomic mass is 19.1. The zero-order chi connectivity index (χ0) is 14.4. The molecule has 0 unspecified atom stereocenters. The second-order valence-corrected chi connectivity index (χ2v) is 3.97. The average molecular weight is 274 g/mol. The molecule has 104 valence electrons. The SMILES string of the molecule is COc1cc(C=NNc2ccccc2)cc(F)c1OC. The Kier molecular flexibility index (Phi) is 4.55. The van der Waals surface area contributed by atoms with Crippen molar-refractivity contribution in [2.75, 3.05) is 19.6 Å². The summed E-state index contributed by atoms with van der Waals surface area (Å²) in [6.45, 7) is 0. The molecule has 0 spiro atoms. The number of hydrogen-bond donors (Lipinski definition) is 1. The number of nitrogens with zero attached hydrogens (tertiary/aromatic N) is 1. The number of hydrazone groups is 1. The van der Waals surface area contributed by atoms with Crippen molar-refractivity contribution in [1.29, 1.82) is 0 Å². The molecule has 2 aromatic rings. The summed E-state index contributed by atoms with van der Waals surface area (Å²) < 4.78 is 23.8. The molecule has 20 heavy (non-hydrogen) atoms. The maximum Gasteiger partial charge on any atom is 0.196 e. The molecule has 5 heteroatoms. The van der Waals surface area contributed by atoms with Crippen LogP contribution >= 0.6 is 0 Å². The first-order chi connectivity index (χ1) is 9.74. The van der Waals surface area contributed by atoms with E-state index in [2.05, 4.69) is 10.5 Å². The largest absolute Gasteiger partial charge is 0.493 e. The first kappa shape index (κ1) is 13.9. The molecule has 0 radical (unpaired) electrons. The third kappa shape index (κ3) is 3.26. The van der Waals surface area contributed by atoms with Gasteiger partial charge in [0.15, 0.2) is 17.3 Å². The van der Waals surface area contributed by atoms with Crippen LogP contribution in [0.3, 0.4) is 0 Å². The summed E-state index contributed by atoms with van der Waals surface area (Å²) in [5, 5.41) is 4.05. The zero-order valence-corrected chi connectivity index (χ0v) is 11.3. The van der Waals surface area contributed by atoms with Crippen LogP contribution in [0.1, 0.15) is 5.56 Å². The monoisotopic (exact) mass is 274 g/mol. The highest BCUT2D eigenvalue weighted by molar-refractivity contribution is 5.81. The van der Waals surface area contributed by atoms with Gasteiger partial charge in [-0.05, 0) is 24.3 Å². The number of methoxy groups -OCH3 is 2. The molecular formula is C15H15FN2O2. The van der Waals surface area contributed by atoms with E-state index in [0.29, 0.717) is 11.3 Å². The summed E-state index contributed by atoms with van der Waals surface area (Å²) >= 11 is 0. The molecular weight excluding hydrogens is 259 g/mol. The number of anilines is 1. The van der Waals surface area contributed by atoms with Gasteiger partial charge in [-0.2, -0.15) is 5.10 Å². The number of benzene rings is 2. The molecule has 0 saturated heterocycles. The number of ether oxygens (including phenoxy) is 2. The quantitative estimate of drug-likeness (QED) is 0.672. The molecule has 0 aliphatic heterocycles. The third-order valence-corrected chi connectivity index (χ3v) is 2.64. The Bertz CT molecular complexity index is 600. The van der Waals surface area contributed by atoms with E-state index in [1.165, 1.54) is 26.5 Å². The van der Waals surface area contributed by atoms with Crippen LogP contribution in [0, 0.1) is 5.82 Å². The molecule has 0 aliphatic carbocycles. The van der Waals surface area contributed by atoms with Gasteiger partial charge in [-0.25, -0.2) is 4.39 Å². The molecule has 0 aliphatic rings. The van der Waals surface area contributed by atoms with Crippen LogP contribution < -0.4 is 14.9 Å². The number of nitrogens with one attached hydrogen (secondary N) is 1. The number of para-hydroxylation sites is 1. The van der Waals surface area contributed by atoms with Crippen molar-refractivity contribution in [3.63, 3.8) is 0 Å². The maximum atomic E-state index is 13.8. The van der Waals surface area contributed by atoms with E-state index in [0.717, 1.165) is 5.69 Å². The van der Waals surface area contributed by atoms with E-state index in [9.17, 15) is 4.39 Å². The molecule has 2 rings (SSSR count). The fourth-order valence-electron chi connectivity index (χ4n) is 1.71. The molecule has 0 fully saturated rings. The van der Waals surface area contributed by atoms with Gasteiger partial charge >= 0.3 is 0 Å². The Hall–Kier alpha value is -2.56. The fraction of sp³-hybridized carbons (Fsp3) is 0.133. The fourth-order valence-corrected chi connectivity index (χ4v) is 1.71. The molecule has 0 heterocycles. The lowest BCUT2D eigenvalue weighted by Gasteiger charge is -2.09. The summed E-state index contributed by atoms with van der Waals surface area (Å²) in [6, 6.07) is 12.5. The molecule has 0 amide bonds. The lowest BCUT2D eigenvalue weighted by Crippen LogP contribution is -1.97. The van der Waals surface area contributed by atoms with Gasteiger partial charge < -0.3 is 9.47 Å². The average Bonchev–Trinajstić information content (AvgIpc) is 2.47. The van der Waals surface area contributed by atoms with Crippen molar-refractivity contribution in [1.82, 2.24) is 0 Å². The van der Waals surface area contributed by atoms with Crippen molar-refractivity contribution in [2.45, 2.75) is 0 Å². The van der Waals surface area contributed by atoms with Gasteiger partial charge in [0.2, 0.25) is 0 Å². The molecule has 2 aromatic carbocycles. The summed E-state index contributed by atoms with van der Waals surface area (Å²) in [5.41, 5.74) is 4.28. The molecule has 1 N–H and O–H groups in total. The smallest absolute Gasteiger partial charge is 0.196 e. The Morgan fingerprint density at radius 1 is 1.10 bits per heavy atom. The highest BCUT2D eigenvalue weighted by Gasteiger charge is 2.11. The van der Waals surface area contributed by atoms with Gasteiger partial charge in [0.25, 0.3) is 0 Å². The van der Waals surface area contributed by atoms with Crippen LogP contribution in [0.5, 0.6) is 11.5 Å². The topological polar surface area (TPSA) is 42.8 Å². The predicted octanol–water partition coefficient (Wildman–Crippen LogP) is 3.29. The van der Waals surface area contributed by atoms with E-state index < -0.39 is 5.82 Å². The lowest BCUT2D eigenvalue weighted by molar-refractivity contribution is 0.337. The Morgan fingerprint density at radius 3 is 2.50 bits per heavy atom. The van der Waals surface area contributed by atoms with E-state index in [1.807, 2.05) is 30.3 Å². The standard InChI is InChI=1S/C15H15FN2O2/c1-19-14-9-11(8-13(16)15(14)20-2)10-17-18-12-6-4-3-5-7-12/h3-10,18H,1-2H3. The summed E-state index contributed by atoms with van der Waals surface area (Å²) in [4.78, 5) is 0. The second-order valence-electron chi connectivity index (χ2n) is 3.97. The van der Waals surface area contributed by atoms with Gasteiger partial charge in [0.05, 0.1) is 26.1 Å². The molecule has 0 aromatic heterocycles. The van der Waals surface area contributed by atoms with Gasteiger partial charge in [-0.3, -0.25) is 5.43 Å². The minimum absolute atomic E-state index is 0.0840. The van der Waals surface area contributed by atoms with Crippen molar-refractivity contribution in [3.05, 3.63) is 53.8 Å². The summed E-state index contributed by atoms with van der Waals surface area (Å²) in [5.74, 6) is -0.0812. The zero-order valence-electron chi connectivity index (χ0n) is 11.3. The van der Waals surface area contributed by atoms with E-state index in [-0.39, 0.29) is 5.75 Å². The Labute approximate surface area is 116 Å². The minimum atomic E-state index is -0.493. The lowest BCUT2D eigenvalue weighted by atomic mass is 10.2. The minimum Gasteiger partial charge on any atom is -0.493 e. The summed E-state index contributed by atoms with van der Waals surface area (Å²) in [6.07, 6.45) is 1.51. The third-order valence-electron chi connectivity index (χ3n) is 2.64. The number of halogens is 1. The van der Waals surface area contributed by atoms with Crippen LogP contribution in [0.15, 0.2) is 47.6 Å². The van der Waals surface area contributed by atoms with Crippen LogP contribution in [0.2, 0.25) is 0 Å². The van der Waals surface area contributed by atoms with Crippen molar-refractivity contribution in [3.8, 4) is 11.5 Å². The van der Waals surface area contributed by atoms with Gasteiger partial charge in [-0.15, -0.1) is 0 Å². The molecule has 0 bridgehead atoms. The van der Waals surface area contributed by atoms with Crippen LogP contribution in [-0.4, -0.2) is 20.4 Å². The highest BCUT2D eigenvalue weighted by Crippen LogP contribution is 2.30. The van der Waals surface area contributed by atoms with Crippen LogP contribution in [0.25, 0.3) is 0 Å². The molecule has 0 atom stereocenters. The first-order valence-electron chi connectivity index (χ1n) is 6.00. The number of hydrogen-bond acceptors (Lipinski definition) is 4. The summed E-state index contributed by atoms with van der Waals surface area (Å²) in [7, 11) is 2.85. The second kappa shape index (κ2) is 6.56. The first-order valence-corrected chi connectivity index (χ1v) is 6.00. The van der Waals surface area contributed by atoms with E-state index >= 15 is 0 Å². The van der Waals surface area contributed by atoms with Crippen molar-refractivity contribution in [2.24, 2.45) is 5.10 Å². The Balaban J connectivity index is 2.15. The van der Waals surface area contributed by atoms with E-state index in [4.69, 9.17) is 9.47 Å². The van der Waals surface area contributed by atoms with Crippen molar-refractivity contribution < 1.29 is 13.9 Å². The van der Waals surface area contributed by atoms with E-state index in [1.54, 1.807) is 6.07 Å². The van der Waals surface area contributed by atoms with Crippen LogP contribution in [0.4, 0.5) is 10.1 Å². The predicted molar refractivity (Wildman–Crippen MR) is 77.2 cm³/mol. The Morgan fingerprint density at radius 2 is 1.85 bits per heavy atom. The normalized spacial score (nSPS) is 10.6. The van der Waals surface area contributed by atoms with Crippen molar-refractivity contribution >= 4 is 11.9 Å². The van der Waals surface area contributed by atoms with Crippen LogP contribution in [-0.2, 0) is 0 Å². The molecule has 4 nitrogen and oxygen atoms in total. The maximum absolute atomic E-state index is 13.8. The van der Waals surface area contributed by atoms with Gasteiger partial charge in [-0.1, -0.05) is 18.2 Å². The van der Waals surface area contributed by atoms with Gasteiger partial charge in [0, 0.05) is 5.56 Å². The number of rotatable bonds is 5. The molecule has 0 saturated carbocycles.